The maximum absolute atomic E-state index is 13.5. The highest BCUT2D eigenvalue weighted by atomic mass is 32.2. The Bertz CT molecular complexity index is 1280. The van der Waals surface area contributed by atoms with Crippen molar-refractivity contribution in [2.45, 2.75) is 56.6 Å². The predicted molar refractivity (Wildman–Crippen MR) is 132 cm³/mol. The second kappa shape index (κ2) is 9.40. The number of amides is 1. The van der Waals surface area contributed by atoms with Crippen LogP contribution >= 0.6 is 11.8 Å². The highest BCUT2D eigenvalue weighted by Gasteiger charge is 2.38. The topological polar surface area (TPSA) is 79.0 Å². The van der Waals surface area contributed by atoms with Gasteiger partial charge in [-0.3, -0.25) is 14.2 Å². The van der Waals surface area contributed by atoms with Crippen LogP contribution in [-0.2, 0) is 4.79 Å². The fourth-order valence-electron chi connectivity index (χ4n) is 4.64. The van der Waals surface area contributed by atoms with Crippen molar-refractivity contribution in [1.29, 1.82) is 5.26 Å². The fraction of sp³-hybridized carbons (Fsp3) is 0.385. The lowest BCUT2D eigenvalue weighted by Crippen LogP contribution is -2.50. The first kappa shape index (κ1) is 23.1. The second-order valence-electron chi connectivity index (χ2n) is 8.84. The molecule has 0 saturated heterocycles. The highest BCUT2D eigenvalue weighted by Crippen LogP contribution is 2.33. The first-order chi connectivity index (χ1) is 15.8. The zero-order valence-electron chi connectivity index (χ0n) is 19.3. The van der Waals surface area contributed by atoms with Crippen molar-refractivity contribution < 1.29 is 4.79 Å². The number of nitrogens with zero attached hydrogens (tertiary/aromatic N) is 4. The monoisotopic (exact) mass is 460 g/mol. The quantitative estimate of drug-likeness (QED) is 0.404. The number of para-hydroxylation sites is 1. The van der Waals surface area contributed by atoms with Crippen molar-refractivity contribution in [2.75, 3.05) is 12.8 Å². The SMILES string of the molecule is Cc1cc(C)cc(-n2c(SCC(=O)N(C)C3(C#N)CCCCC3)nc3ccccc3c2=O)c1. The number of carbonyl (C=O) groups is 1. The van der Waals surface area contributed by atoms with Crippen molar-refractivity contribution in [2.24, 2.45) is 0 Å². The van der Waals surface area contributed by atoms with Gasteiger partial charge in [-0.05, 0) is 62.1 Å². The lowest BCUT2D eigenvalue weighted by molar-refractivity contribution is -0.131. The van der Waals surface area contributed by atoms with E-state index in [1.807, 2.05) is 44.2 Å². The molecule has 0 aliphatic heterocycles. The molecule has 4 rings (SSSR count). The molecule has 33 heavy (non-hydrogen) atoms. The van der Waals surface area contributed by atoms with E-state index in [0.29, 0.717) is 28.9 Å². The molecule has 1 aliphatic rings. The molecule has 1 aromatic heterocycles. The highest BCUT2D eigenvalue weighted by molar-refractivity contribution is 7.99. The lowest BCUT2D eigenvalue weighted by Gasteiger charge is -2.39. The molecule has 1 heterocycles. The first-order valence-corrected chi connectivity index (χ1v) is 12.2. The third kappa shape index (κ3) is 4.53. The molecule has 0 N–H and O–H groups in total. The van der Waals surface area contributed by atoms with Gasteiger partial charge < -0.3 is 4.90 Å². The van der Waals surface area contributed by atoms with E-state index < -0.39 is 5.54 Å². The van der Waals surface area contributed by atoms with E-state index in [-0.39, 0.29) is 17.2 Å². The fourth-order valence-corrected chi connectivity index (χ4v) is 5.56. The van der Waals surface area contributed by atoms with E-state index in [1.165, 1.54) is 11.8 Å². The Morgan fingerprint density at radius 1 is 1.15 bits per heavy atom. The molecular weight excluding hydrogens is 432 g/mol. The van der Waals surface area contributed by atoms with Gasteiger partial charge in [0.05, 0.1) is 28.4 Å². The minimum Gasteiger partial charge on any atom is -0.326 e. The van der Waals surface area contributed by atoms with Crippen LogP contribution in [0.4, 0.5) is 0 Å². The zero-order chi connectivity index (χ0) is 23.6. The summed E-state index contributed by atoms with van der Waals surface area (Å²) >= 11 is 1.24. The van der Waals surface area contributed by atoms with E-state index in [2.05, 4.69) is 12.1 Å². The Labute approximate surface area is 198 Å². The summed E-state index contributed by atoms with van der Waals surface area (Å²) in [6, 6.07) is 15.6. The minimum atomic E-state index is -0.736. The molecule has 1 saturated carbocycles. The average molecular weight is 461 g/mol. The van der Waals surface area contributed by atoms with E-state index in [9.17, 15) is 14.9 Å². The van der Waals surface area contributed by atoms with Gasteiger partial charge in [0.1, 0.15) is 5.54 Å². The lowest BCUT2D eigenvalue weighted by atomic mass is 9.81. The Kier molecular flexibility index (Phi) is 6.57. The molecule has 3 aromatic rings. The number of carbonyl (C=O) groups excluding carboxylic acids is 1. The number of hydrogen-bond donors (Lipinski definition) is 0. The van der Waals surface area contributed by atoms with Gasteiger partial charge in [0.25, 0.3) is 5.56 Å². The smallest absolute Gasteiger partial charge is 0.266 e. The van der Waals surface area contributed by atoms with Gasteiger partial charge in [0.15, 0.2) is 5.16 Å². The molecule has 1 fully saturated rings. The van der Waals surface area contributed by atoms with Gasteiger partial charge in [0.2, 0.25) is 5.91 Å². The van der Waals surface area contributed by atoms with Crippen LogP contribution in [0.5, 0.6) is 0 Å². The van der Waals surface area contributed by atoms with Gasteiger partial charge in [-0.25, -0.2) is 4.98 Å². The first-order valence-electron chi connectivity index (χ1n) is 11.3. The molecule has 0 unspecified atom stereocenters. The van der Waals surface area contributed by atoms with Crippen molar-refractivity contribution >= 4 is 28.6 Å². The van der Waals surface area contributed by atoms with E-state index in [4.69, 9.17) is 4.98 Å². The normalized spacial score (nSPS) is 15.2. The molecule has 1 amide bonds. The van der Waals surface area contributed by atoms with Crippen molar-refractivity contribution in [3.05, 3.63) is 63.9 Å². The molecule has 1 aliphatic carbocycles. The molecule has 6 nitrogen and oxygen atoms in total. The summed E-state index contributed by atoms with van der Waals surface area (Å²) in [7, 11) is 1.72. The minimum absolute atomic E-state index is 0.107. The largest absolute Gasteiger partial charge is 0.326 e. The van der Waals surface area contributed by atoms with Crippen LogP contribution in [0.25, 0.3) is 16.6 Å². The Hall–Kier alpha value is -3.11. The summed E-state index contributed by atoms with van der Waals surface area (Å²) in [4.78, 5) is 32.9. The molecular formula is C26H28N4O2S. The Balaban J connectivity index is 1.71. The van der Waals surface area contributed by atoms with Crippen LogP contribution in [0.3, 0.4) is 0 Å². The number of fused-ring (bicyclic) bond motifs is 1. The summed E-state index contributed by atoms with van der Waals surface area (Å²) in [5, 5.41) is 10.8. The van der Waals surface area contributed by atoms with Crippen molar-refractivity contribution in [3.8, 4) is 11.8 Å². The van der Waals surface area contributed by atoms with Gasteiger partial charge in [-0.1, -0.05) is 49.2 Å². The van der Waals surface area contributed by atoms with Gasteiger partial charge in [-0.2, -0.15) is 5.26 Å². The number of aromatic nitrogens is 2. The maximum atomic E-state index is 13.5. The van der Waals surface area contributed by atoms with Gasteiger partial charge >= 0.3 is 0 Å². The predicted octanol–water partition coefficient (Wildman–Crippen LogP) is 4.78. The summed E-state index contributed by atoms with van der Waals surface area (Å²) in [5.74, 6) is -0.0204. The number of aryl methyl sites for hydroxylation is 2. The molecule has 2 aromatic carbocycles. The molecule has 0 bridgehead atoms. The molecule has 0 atom stereocenters. The van der Waals surface area contributed by atoms with E-state index >= 15 is 0 Å². The number of hydrogen-bond acceptors (Lipinski definition) is 5. The van der Waals surface area contributed by atoms with Gasteiger partial charge in [-0.15, -0.1) is 0 Å². The van der Waals surface area contributed by atoms with Crippen LogP contribution < -0.4 is 5.56 Å². The molecule has 170 valence electrons. The van der Waals surface area contributed by atoms with Crippen molar-refractivity contribution in [1.82, 2.24) is 14.5 Å². The second-order valence-corrected chi connectivity index (χ2v) is 9.79. The molecule has 0 spiro atoms. The summed E-state index contributed by atoms with van der Waals surface area (Å²) < 4.78 is 1.60. The van der Waals surface area contributed by atoms with Crippen LogP contribution in [0.1, 0.15) is 43.2 Å². The van der Waals surface area contributed by atoms with Crippen LogP contribution in [-0.4, -0.2) is 38.7 Å². The molecule has 0 radical (unpaired) electrons. The average Bonchev–Trinajstić information content (AvgIpc) is 2.82. The van der Waals surface area contributed by atoms with Crippen LogP contribution in [0, 0.1) is 25.2 Å². The Morgan fingerprint density at radius 2 is 1.82 bits per heavy atom. The summed E-state index contributed by atoms with van der Waals surface area (Å²) in [5.41, 5.74) is 2.54. The zero-order valence-corrected chi connectivity index (χ0v) is 20.1. The van der Waals surface area contributed by atoms with Crippen molar-refractivity contribution in [3.63, 3.8) is 0 Å². The standard InChI is InChI=1S/C26H28N4O2S/c1-18-13-19(2)15-20(14-18)30-24(32)21-9-5-6-10-22(21)28-25(30)33-16-23(31)29(3)26(17-27)11-7-4-8-12-26/h5-6,9-10,13-15H,4,7-8,11-12,16H2,1-3H3. The van der Waals surface area contributed by atoms with Gasteiger partial charge in [0, 0.05) is 7.05 Å². The number of thioether (sulfide) groups is 1. The third-order valence-electron chi connectivity index (χ3n) is 6.44. The number of nitriles is 1. The number of rotatable bonds is 5. The summed E-state index contributed by atoms with van der Waals surface area (Å²) in [6.07, 6.45) is 4.42. The maximum Gasteiger partial charge on any atom is 0.266 e. The van der Waals surface area contributed by atoms with Crippen LogP contribution in [0.2, 0.25) is 0 Å². The number of benzene rings is 2. The van der Waals surface area contributed by atoms with Crippen LogP contribution in [0.15, 0.2) is 52.4 Å². The Morgan fingerprint density at radius 3 is 2.48 bits per heavy atom. The van der Waals surface area contributed by atoms with E-state index in [1.54, 1.807) is 22.6 Å². The van der Waals surface area contributed by atoms with E-state index in [0.717, 1.165) is 36.1 Å². The third-order valence-corrected chi connectivity index (χ3v) is 7.36. The molecule has 7 heteroatoms. The summed E-state index contributed by atoms with van der Waals surface area (Å²) in [6.45, 7) is 3.99.